The highest BCUT2D eigenvalue weighted by Crippen LogP contribution is 2.46. The van der Waals surface area contributed by atoms with Crippen molar-refractivity contribution in [1.29, 1.82) is 0 Å². The Labute approximate surface area is 718 Å². The number of rotatable bonds is 3. The molecule has 6 aliphatic heterocycles. The van der Waals surface area contributed by atoms with Gasteiger partial charge in [-0.15, -0.1) is 0 Å². The second kappa shape index (κ2) is 33.9. The summed E-state index contributed by atoms with van der Waals surface area (Å²) in [5, 5.41) is 11.0. The number of pyridine rings is 9. The zero-order chi connectivity index (χ0) is 86.6. The number of carbonyl (C=O) groups is 3. The van der Waals surface area contributed by atoms with Crippen LogP contribution in [-0.4, -0.2) is 124 Å². The van der Waals surface area contributed by atoms with E-state index in [1.165, 1.54) is 18.2 Å². The van der Waals surface area contributed by atoms with Crippen LogP contribution in [0.1, 0.15) is 245 Å². The van der Waals surface area contributed by atoms with Gasteiger partial charge < -0.3 is 30.7 Å². The van der Waals surface area contributed by atoms with Gasteiger partial charge >= 0.3 is 0 Å². The number of sulfonamides is 3. The van der Waals surface area contributed by atoms with Crippen LogP contribution in [0, 0.1) is 17.8 Å². The molecule has 12 bridgehead atoms. The van der Waals surface area contributed by atoms with Crippen molar-refractivity contribution in [1.82, 2.24) is 59.0 Å². The third kappa shape index (κ3) is 20.2. The molecule has 3 unspecified atom stereocenters. The maximum absolute atomic E-state index is 13.5. The third-order valence-corrected chi connectivity index (χ3v) is 27.2. The van der Waals surface area contributed by atoms with E-state index in [2.05, 4.69) is 179 Å². The number of hydrogen-bond donors (Lipinski definition) is 6. The third-order valence-electron chi connectivity index (χ3n) is 22.8. The number of fused-ring (bicyclic) bond motifs is 18. The molecule has 33 heteroatoms. The van der Waals surface area contributed by atoms with Gasteiger partial charge in [-0.2, -0.15) is 25.3 Å². The van der Waals surface area contributed by atoms with Crippen molar-refractivity contribution in [2.45, 2.75) is 228 Å². The number of carbonyl (C=O) groups excluding carboxylic acids is 3. The quantitative estimate of drug-likeness (QED) is 0.0957. The Hall–Kier alpha value is -9.72. The molecule has 15 heterocycles. The monoisotopic (exact) mass is 1750 g/mol. The highest BCUT2D eigenvalue weighted by molar-refractivity contribution is 7.90. The lowest BCUT2D eigenvalue weighted by atomic mass is 9.90. The number of halogens is 3. The highest BCUT2D eigenvalue weighted by Gasteiger charge is 2.46. The van der Waals surface area contributed by atoms with Crippen molar-refractivity contribution >= 4 is 118 Å². The fraction of sp³-hybridized carbons (Fsp3) is 0.448. The van der Waals surface area contributed by atoms with E-state index < -0.39 is 47.8 Å². The average Bonchev–Trinajstić information content (AvgIpc) is 1.74. The first-order valence-electron chi connectivity index (χ1n) is 40.3. The highest BCUT2D eigenvalue weighted by atomic mass is 35.5. The predicted molar refractivity (Wildman–Crippen MR) is 469 cm³/mol. The van der Waals surface area contributed by atoms with E-state index >= 15 is 0 Å². The van der Waals surface area contributed by atoms with Gasteiger partial charge in [-0.1, -0.05) is 115 Å². The summed E-state index contributed by atoms with van der Waals surface area (Å²) in [4.78, 5) is 88.7. The molecule has 9 aromatic heterocycles. The number of nitrogens with one attached hydrogen (secondary N) is 6. The van der Waals surface area contributed by atoms with Crippen LogP contribution in [0.2, 0.25) is 15.1 Å². The predicted octanol–water partition coefficient (Wildman–Crippen LogP) is 16.5. The Kier molecular flexibility index (Phi) is 24.9. The molecule has 3 saturated heterocycles. The standard InChI is InChI=1S/3C29H35ClN6O3S/c3*1-28(2,3)23-12-10-20-26(33-23)36-17-18(16-29(36,4)5)9-11-21(22-15-19(30)13-14-31-22)32-24-7-6-8-25(34-24)40(38,39)35-27(20)37/h3*6-8,10,12-15,18,21H,9,11,16-17H2,1-5H3,(H,32,34)(H,35,37)/t3*18-,21?/m000/s1. The lowest BCUT2D eigenvalue weighted by molar-refractivity contribution is 0.0972. The lowest BCUT2D eigenvalue weighted by Crippen LogP contribution is -2.41. The molecule has 0 aliphatic carbocycles. The van der Waals surface area contributed by atoms with E-state index in [1.807, 2.05) is 18.2 Å². The van der Waals surface area contributed by atoms with Gasteiger partial charge in [-0.3, -0.25) is 29.3 Å². The first-order valence-corrected chi connectivity index (χ1v) is 45.9. The van der Waals surface area contributed by atoms with Crippen LogP contribution in [0.25, 0.3) is 0 Å². The van der Waals surface area contributed by atoms with Crippen LogP contribution in [0.15, 0.2) is 161 Å². The van der Waals surface area contributed by atoms with Crippen LogP contribution in [0.3, 0.4) is 0 Å². The first kappa shape index (κ1) is 88.1. The first-order chi connectivity index (χ1) is 56.2. The fourth-order valence-electron chi connectivity index (χ4n) is 16.7. The summed E-state index contributed by atoms with van der Waals surface area (Å²) in [5.41, 5.74) is 3.68. The largest absolute Gasteiger partial charge is 0.362 e. The van der Waals surface area contributed by atoms with E-state index in [9.17, 15) is 39.6 Å². The second-order valence-corrected chi connectivity index (χ2v) is 43.0. The maximum atomic E-state index is 13.5. The van der Waals surface area contributed by atoms with E-state index in [0.717, 1.165) is 92.0 Å². The Balaban J connectivity index is 0.000000156. The summed E-state index contributed by atoms with van der Waals surface area (Å²) in [7, 11) is -12.8. The van der Waals surface area contributed by atoms with Crippen molar-refractivity contribution in [2.75, 3.05) is 50.3 Å². The molecular weight excluding hydrogens is 1640 g/mol. The number of nitrogens with zero attached hydrogens (tertiary/aromatic N) is 12. The van der Waals surface area contributed by atoms with Crippen molar-refractivity contribution in [3.05, 3.63) is 212 Å². The summed E-state index contributed by atoms with van der Waals surface area (Å²) in [6.07, 6.45) is 12.4. The Morgan fingerprint density at radius 3 is 0.858 bits per heavy atom. The second-order valence-electron chi connectivity index (χ2n) is 36.8. The maximum Gasteiger partial charge on any atom is 0.281 e. The number of aromatic nitrogens is 9. The molecule has 0 spiro atoms. The molecule has 0 radical (unpaired) electrons. The zero-order valence-electron chi connectivity index (χ0n) is 70.2. The van der Waals surface area contributed by atoms with Crippen LogP contribution in [0.5, 0.6) is 0 Å². The molecule has 9 aromatic rings. The molecule has 636 valence electrons. The molecule has 6 aliphatic rings. The summed E-state index contributed by atoms with van der Waals surface area (Å²) in [6, 6.07) is 34.3. The van der Waals surface area contributed by atoms with E-state index in [0.29, 0.717) is 87.4 Å². The van der Waals surface area contributed by atoms with Crippen LogP contribution in [0.4, 0.5) is 34.9 Å². The molecule has 6 atom stereocenters. The number of anilines is 6. The van der Waals surface area contributed by atoms with E-state index in [-0.39, 0.29) is 82.8 Å². The summed E-state index contributed by atoms with van der Waals surface area (Å²) < 4.78 is 86.8. The van der Waals surface area contributed by atoms with Crippen LogP contribution >= 0.6 is 34.8 Å². The average molecular weight is 1750 g/mol. The topological polar surface area (TPSA) is 352 Å². The summed E-state index contributed by atoms with van der Waals surface area (Å²) >= 11 is 18.9. The van der Waals surface area contributed by atoms with Gasteiger partial charge in [-0.05, 0) is 226 Å². The molecular formula is C87H105Cl3N18O9S3. The molecule has 6 N–H and O–H groups in total. The Morgan fingerprint density at radius 1 is 0.358 bits per heavy atom. The minimum absolute atomic E-state index is 0.218. The van der Waals surface area contributed by atoms with Gasteiger partial charge in [0, 0.05) is 103 Å². The number of hydrogen-bond acceptors (Lipinski definition) is 24. The SMILES string of the molecule is CC(C)(C)c1ccc2c(n1)N1C[C@@H](CCC(c3cc(Cl)ccn3)Nc3cccc(n3)S(=O)(=O)NC2=O)CC1(C)C.CC(C)(C)c1ccc2c(n1)N1C[C@@H](CCC(c3cc(Cl)ccn3)Nc3cccc(n3)S(=O)(=O)NC2=O)CC1(C)C.CC(C)(C)c1ccc2c(n1)N1C[C@@H](CCC(c3cc(Cl)ccn3)Nc3cccc(n3)S(=O)(=O)NC2=O)CC1(C)C. The van der Waals surface area contributed by atoms with E-state index in [4.69, 9.17) is 49.8 Å². The van der Waals surface area contributed by atoms with Gasteiger partial charge in [0.05, 0.1) is 51.9 Å². The van der Waals surface area contributed by atoms with Gasteiger partial charge in [0.2, 0.25) is 0 Å². The zero-order valence-corrected chi connectivity index (χ0v) is 74.9. The molecule has 3 fully saturated rings. The molecule has 15 rings (SSSR count). The van der Waals surface area contributed by atoms with Crippen molar-refractivity contribution in [3.63, 3.8) is 0 Å². The molecule has 3 amide bonds. The van der Waals surface area contributed by atoms with Crippen molar-refractivity contribution in [2.24, 2.45) is 17.8 Å². The smallest absolute Gasteiger partial charge is 0.281 e. The Morgan fingerprint density at radius 2 is 0.617 bits per heavy atom. The molecule has 0 aromatic carbocycles. The van der Waals surface area contributed by atoms with Gasteiger partial charge in [0.25, 0.3) is 47.8 Å². The van der Waals surface area contributed by atoms with Crippen LogP contribution < -0.4 is 44.8 Å². The lowest BCUT2D eigenvalue weighted by Gasteiger charge is -2.34. The minimum atomic E-state index is -4.27. The summed E-state index contributed by atoms with van der Waals surface area (Å²) in [6.45, 7) is 33.5. The molecule has 120 heavy (non-hydrogen) atoms. The molecule has 27 nitrogen and oxygen atoms in total. The fourth-order valence-corrected chi connectivity index (χ4v) is 20.0. The van der Waals surface area contributed by atoms with Gasteiger partial charge in [0.15, 0.2) is 15.1 Å². The van der Waals surface area contributed by atoms with Crippen molar-refractivity contribution in [3.8, 4) is 0 Å². The van der Waals surface area contributed by atoms with Crippen LogP contribution in [-0.2, 0) is 46.3 Å². The Bertz CT molecular complexity index is 5210. The number of amides is 3. The summed E-state index contributed by atoms with van der Waals surface area (Å²) in [5.74, 6) is 1.29. The minimum Gasteiger partial charge on any atom is -0.362 e. The van der Waals surface area contributed by atoms with Crippen molar-refractivity contribution < 1.29 is 39.6 Å². The van der Waals surface area contributed by atoms with Gasteiger partial charge in [0.1, 0.15) is 34.9 Å². The van der Waals surface area contributed by atoms with Gasteiger partial charge in [-0.25, -0.2) is 44.1 Å². The molecule has 0 saturated carbocycles. The normalized spacial score (nSPS) is 22.4. The van der Waals surface area contributed by atoms with E-state index in [1.54, 1.807) is 110 Å².